The summed E-state index contributed by atoms with van der Waals surface area (Å²) in [5.41, 5.74) is 0. The summed E-state index contributed by atoms with van der Waals surface area (Å²) in [5.74, 6) is 0. The summed E-state index contributed by atoms with van der Waals surface area (Å²) < 4.78 is 0. The molecule has 0 spiro atoms. The fraction of sp³-hybridized carbons (Fsp3) is 1.00. The van der Waals surface area contributed by atoms with Gasteiger partial charge in [-0.15, -0.1) is 0 Å². The third kappa shape index (κ3) is 4.49. The van der Waals surface area contributed by atoms with E-state index in [1.165, 1.54) is 25.9 Å². The minimum Gasteiger partial charge on any atom is -0.313 e. The molecule has 1 aliphatic rings. The molecule has 90 valence electrons. The Morgan fingerprint density at radius 3 is 2.60 bits per heavy atom. The zero-order chi connectivity index (χ0) is 11.3. The van der Waals surface area contributed by atoms with Crippen molar-refractivity contribution in [2.45, 2.75) is 38.8 Å². The van der Waals surface area contributed by atoms with Gasteiger partial charge < -0.3 is 10.2 Å². The largest absolute Gasteiger partial charge is 0.313 e. The molecule has 15 heavy (non-hydrogen) atoms. The van der Waals surface area contributed by atoms with Gasteiger partial charge in [0.05, 0.1) is 0 Å². The van der Waals surface area contributed by atoms with Crippen LogP contribution in [-0.2, 0) is 0 Å². The number of likely N-dealkylation sites (N-methyl/N-ethyl adjacent to an activating group) is 2. The first-order valence-corrected chi connectivity index (χ1v) is 6.25. The SMILES string of the molecule is CCN(C[C@H]1CCCN1)C(C)CN(C)C. The highest BCUT2D eigenvalue weighted by Crippen LogP contribution is 2.09. The average Bonchev–Trinajstić information content (AvgIpc) is 2.65. The van der Waals surface area contributed by atoms with Crippen LogP contribution in [0.4, 0.5) is 0 Å². The minimum absolute atomic E-state index is 0.660. The van der Waals surface area contributed by atoms with Crippen LogP contribution in [0.1, 0.15) is 26.7 Å². The standard InChI is InChI=1S/C12H27N3/c1-5-15(11(2)9-14(3)4)10-12-7-6-8-13-12/h11-13H,5-10H2,1-4H3/t11?,12-/m1/s1. The molecular formula is C12H27N3. The number of hydrogen-bond donors (Lipinski definition) is 1. The van der Waals surface area contributed by atoms with E-state index < -0.39 is 0 Å². The Balaban J connectivity index is 2.32. The van der Waals surface area contributed by atoms with Gasteiger partial charge in [0.1, 0.15) is 0 Å². The molecule has 1 fully saturated rings. The van der Waals surface area contributed by atoms with E-state index in [1.807, 2.05) is 0 Å². The maximum Gasteiger partial charge on any atom is 0.0195 e. The Kier molecular flexibility index (Phi) is 5.58. The van der Waals surface area contributed by atoms with Gasteiger partial charge in [0.25, 0.3) is 0 Å². The lowest BCUT2D eigenvalue weighted by Gasteiger charge is -2.32. The zero-order valence-electron chi connectivity index (χ0n) is 10.8. The second kappa shape index (κ2) is 6.46. The third-order valence-electron chi connectivity index (χ3n) is 3.28. The predicted molar refractivity (Wildman–Crippen MR) is 66.3 cm³/mol. The molecule has 1 N–H and O–H groups in total. The van der Waals surface area contributed by atoms with Crippen molar-refractivity contribution in [3.63, 3.8) is 0 Å². The van der Waals surface area contributed by atoms with Crippen LogP contribution in [0.3, 0.4) is 0 Å². The molecule has 0 aromatic carbocycles. The lowest BCUT2D eigenvalue weighted by molar-refractivity contribution is 0.168. The van der Waals surface area contributed by atoms with E-state index in [4.69, 9.17) is 0 Å². The Morgan fingerprint density at radius 1 is 1.40 bits per heavy atom. The average molecular weight is 213 g/mol. The minimum atomic E-state index is 0.660. The second-order valence-electron chi connectivity index (χ2n) is 4.99. The zero-order valence-corrected chi connectivity index (χ0v) is 10.8. The summed E-state index contributed by atoms with van der Waals surface area (Å²) in [6.07, 6.45) is 2.70. The molecule has 1 unspecified atom stereocenters. The Hall–Kier alpha value is -0.120. The Bertz CT molecular complexity index is 164. The van der Waals surface area contributed by atoms with Crippen LogP contribution in [0.5, 0.6) is 0 Å². The fourth-order valence-electron chi connectivity index (χ4n) is 2.46. The number of rotatable bonds is 6. The van der Waals surface area contributed by atoms with Crippen molar-refractivity contribution < 1.29 is 0 Å². The topological polar surface area (TPSA) is 18.5 Å². The number of nitrogens with one attached hydrogen (secondary N) is 1. The maximum absolute atomic E-state index is 3.57. The summed E-state index contributed by atoms with van der Waals surface area (Å²) in [6, 6.07) is 1.39. The molecule has 1 aliphatic heterocycles. The van der Waals surface area contributed by atoms with E-state index >= 15 is 0 Å². The molecule has 0 radical (unpaired) electrons. The highest BCUT2D eigenvalue weighted by atomic mass is 15.2. The Labute approximate surface area is 94.8 Å². The summed E-state index contributed by atoms with van der Waals surface area (Å²) in [6.45, 7) is 9.34. The van der Waals surface area contributed by atoms with Crippen molar-refractivity contribution in [1.82, 2.24) is 15.1 Å². The first-order valence-electron chi connectivity index (χ1n) is 6.25. The molecule has 0 saturated carbocycles. The lowest BCUT2D eigenvalue weighted by atomic mass is 10.2. The van der Waals surface area contributed by atoms with E-state index in [2.05, 4.69) is 43.1 Å². The molecule has 3 heteroatoms. The second-order valence-corrected chi connectivity index (χ2v) is 4.99. The van der Waals surface area contributed by atoms with Crippen molar-refractivity contribution in [2.24, 2.45) is 0 Å². The van der Waals surface area contributed by atoms with Gasteiger partial charge in [0, 0.05) is 25.2 Å². The van der Waals surface area contributed by atoms with E-state index in [1.54, 1.807) is 0 Å². The highest BCUT2D eigenvalue weighted by Gasteiger charge is 2.20. The van der Waals surface area contributed by atoms with Gasteiger partial charge in [-0.2, -0.15) is 0 Å². The first-order chi connectivity index (χ1) is 7.13. The van der Waals surface area contributed by atoms with Crippen LogP contribution in [0.2, 0.25) is 0 Å². The van der Waals surface area contributed by atoms with Crippen LogP contribution in [0, 0.1) is 0 Å². The van der Waals surface area contributed by atoms with Crippen molar-refractivity contribution in [3.8, 4) is 0 Å². The quantitative estimate of drug-likeness (QED) is 0.710. The van der Waals surface area contributed by atoms with E-state index in [0.717, 1.165) is 19.1 Å². The molecule has 1 heterocycles. The van der Waals surface area contributed by atoms with Crippen LogP contribution in [-0.4, -0.2) is 62.2 Å². The van der Waals surface area contributed by atoms with E-state index in [-0.39, 0.29) is 0 Å². The highest BCUT2D eigenvalue weighted by molar-refractivity contribution is 4.80. The normalized spacial score (nSPS) is 24.0. The van der Waals surface area contributed by atoms with Crippen LogP contribution >= 0.6 is 0 Å². The third-order valence-corrected chi connectivity index (χ3v) is 3.28. The molecule has 3 nitrogen and oxygen atoms in total. The van der Waals surface area contributed by atoms with Crippen LogP contribution < -0.4 is 5.32 Å². The fourth-order valence-corrected chi connectivity index (χ4v) is 2.46. The molecule has 2 atom stereocenters. The van der Waals surface area contributed by atoms with Crippen molar-refractivity contribution in [3.05, 3.63) is 0 Å². The monoisotopic (exact) mass is 213 g/mol. The molecule has 1 saturated heterocycles. The molecule has 0 aromatic rings. The van der Waals surface area contributed by atoms with Crippen LogP contribution in [0.25, 0.3) is 0 Å². The summed E-state index contributed by atoms with van der Waals surface area (Å²) >= 11 is 0. The van der Waals surface area contributed by atoms with Gasteiger partial charge in [-0.3, -0.25) is 4.90 Å². The summed E-state index contributed by atoms with van der Waals surface area (Å²) in [5, 5.41) is 3.57. The first kappa shape index (κ1) is 12.9. The summed E-state index contributed by atoms with van der Waals surface area (Å²) in [7, 11) is 4.30. The van der Waals surface area contributed by atoms with Crippen molar-refractivity contribution >= 4 is 0 Å². The maximum atomic E-state index is 3.57. The van der Waals surface area contributed by atoms with Gasteiger partial charge in [0.15, 0.2) is 0 Å². The van der Waals surface area contributed by atoms with Gasteiger partial charge in [-0.25, -0.2) is 0 Å². The van der Waals surface area contributed by atoms with Gasteiger partial charge >= 0.3 is 0 Å². The van der Waals surface area contributed by atoms with E-state index in [9.17, 15) is 0 Å². The Morgan fingerprint density at radius 2 is 2.13 bits per heavy atom. The molecule has 0 aromatic heterocycles. The molecule has 0 bridgehead atoms. The molecular weight excluding hydrogens is 186 g/mol. The lowest BCUT2D eigenvalue weighted by Crippen LogP contribution is -2.45. The number of nitrogens with zero attached hydrogens (tertiary/aromatic N) is 2. The van der Waals surface area contributed by atoms with Gasteiger partial charge in [0.2, 0.25) is 0 Å². The van der Waals surface area contributed by atoms with E-state index in [0.29, 0.717) is 6.04 Å². The summed E-state index contributed by atoms with van der Waals surface area (Å²) in [4.78, 5) is 4.86. The smallest absolute Gasteiger partial charge is 0.0195 e. The van der Waals surface area contributed by atoms with Crippen molar-refractivity contribution in [2.75, 3.05) is 40.3 Å². The molecule has 0 amide bonds. The predicted octanol–water partition coefficient (Wildman–Crippen LogP) is 1.01. The van der Waals surface area contributed by atoms with Gasteiger partial charge in [-0.05, 0) is 47.0 Å². The number of hydrogen-bond acceptors (Lipinski definition) is 3. The van der Waals surface area contributed by atoms with Crippen LogP contribution in [0.15, 0.2) is 0 Å². The molecule has 1 rings (SSSR count). The molecule has 0 aliphatic carbocycles. The van der Waals surface area contributed by atoms with Crippen molar-refractivity contribution in [1.29, 1.82) is 0 Å². The van der Waals surface area contributed by atoms with Gasteiger partial charge in [-0.1, -0.05) is 6.92 Å².